The van der Waals surface area contributed by atoms with E-state index >= 15 is 0 Å². The van der Waals surface area contributed by atoms with Gasteiger partial charge >= 0.3 is 11.2 Å². The number of rotatable bonds is 8. The van der Waals surface area contributed by atoms with E-state index in [0.29, 0.717) is 29.0 Å². The molecule has 0 N–H and O–H groups in total. The summed E-state index contributed by atoms with van der Waals surface area (Å²) in [6, 6.07) is 4.96. The van der Waals surface area contributed by atoms with E-state index in [-0.39, 0.29) is 16.9 Å². The maximum Gasteiger partial charge on any atom is 0.333 e. The van der Waals surface area contributed by atoms with Crippen molar-refractivity contribution in [1.82, 2.24) is 19.4 Å². The van der Waals surface area contributed by atoms with Crippen molar-refractivity contribution in [3.8, 4) is 11.5 Å². The molecule has 8 nitrogen and oxygen atoms in total. The number of imidazole rings is 1. The molecule has 1 radical (unpaired) electrons. The molecule has 2 aromatic heterocycles. The van der Waals surface area contributed by atoms with Crippen molar-refractivity contribution >= 4 is 28.2 Å². The molecule has 0 bridgehead atoms. The number of nitrogens with zero attached hydrogens (tertiary/aromatic N) is 4. The van der Waals surface area contributed by atoms with Crippen molar-refractivity contribution in [3.05, 3.63) is 47.6 Å². The van der Waals surface area contributed by atoms with Crippen LogP contribution in [0.5, 0.6) is 11.5 Å². The summed E-state index contributed by atoms with van der Waals surface area (Å²) in [4.78, 5) is 23.9. The number of amides is 1. The minimum atomic E-state index is -1.62. The molecule has 32 heavy (non-hydrogen) atoms. The number of fused-ring (bicyclic) bond motifs is 1. The first-order chi connectivity index (χ1) is 15.3. The van der Waals surface area contributed by atoms with Crippen molar-refractivity contribution < 1.29 is 18.8 Å². The predicted octanol–water partition coefficient (Wildman–Crippen LogP) is 3.89. The number of carbonyl (C=O) groups is 1. The quantitative estimate of drug-likeness (QED) is 0.477. The predicted molar refractivity (Wildman–Crippen MR) is 125 cm³/mol. The highest BCUT2D eigenvalue weighted by molar-refractivity contribution is 7.90. The topological polar surface area (TPSA) is 92.5 Å². The number of aromatic nitrogens is 3. The fourth-order valence-corrected chi connectivity index (χ4v) is 4.73. The van der Waals surface area contributed by atoms with Crippen LogP contribution in [-0.4, -0.2) is 57.8 Å². The van der Waals surface area contributed by atoms with Crippen molar-refractivity contribution in [3.63, 3.8) is 0 Å². The average molecular weight is 458 g/mol. The van der Waals surface area contributed by atoms with Crippen LogP contribution >= 0.6 is 0 Å². The van der Waals surface area contributed by atoms with Crippen LogP contribution in [0.1, 0.15) is 30.2 Å². The second kappa shape index (κ2) is 10.2. The number of hydrogen-bond donors (Lipinski definition) is 0. The van der Waals surface area contributed by atoms with Crippen LogP contribution in [0.25, 0.3) is 11.0 Å². The number of hydrogen-bond acceptors (Lipinski definition) is 6. The molecule has 171 valence electrons. The van der Waals surface area contributed by atoms with Crippen LogP contribution in [0.3, 0.4) is 0 Å². The van der Waals surface area contributed by atoms with Crippen molar-refractivity contribution in [1.29, 1.82) is 0 Å². The Morgan fingerprint density at radius 3 is 2.69 bits per heavy atom. The zero-order valence-corrected chi connectivity index (χ0v) is 20.2. The Kier molecular flexibility index (Phi) is 7.63. The first-order valence-corrected chi connectivity index (χ1v) is 11.6. The number of methoxy groups -OCH3 is 2. The molecule has 0 aliphatic heterocycles. The Hall–Kier alpha value is -2.78. The Morgan fingerprint density at radius 2 is 2.03 bits per heavy atom. The Bertz CT molecular complexity index is 1120. The summed E-state index contributed by atoms with van der Waals surface area (Å²) >= 11 is -1.62. The first-order valence-electron chi connectivity index (χ1n) is 10.3. The van der Waals surface area contributed by atoms with E-state index in [1.54, 1.807) is 50.6 Å². The van der Waals surface area contributed by atoms with E-state index in [9.17, 15) is 9.35 Å². The highest BCUT2D eigenvalue weighted by Crippen LogP contribution is 2.29. The van der Waals surface area contributed by atoms with E-state index in [1.807, 2.05) is 27.2 Å². The second-order valence-electron chi connectivity index (χ2n) is 7.48. The lowest BCUT2D eigenvalue weighted by Crippen LogP contribution is -2.34. The molecular weight excluding hydrogens is 428 g/mol. The molecule has 3 rings (SSSR count). The SMILES string of the molecule is CC[CH]CN(C)C(=O)n1c([S+]([O-])Cc2ncc(C)c(OC)c2C)nc2cc(OC)ccc21. The smallest absolute Gasteiger partial charge is 0.333 e. The van der Waals surface area contributed by atoms with Gasteiger partial charge in [0.2, 0.25) is 0 Å². The third kappa shape index (κ3) is 4.68. The number of benzene rings is 1. The highest BCUT2D eigenvalue weighted by Gasteiger charge is 2.29. The Balaban J connectivity index is 2.05. The molecule has 0 aliphatic rings. The zero-order valence-electron chi connectivity index (χ0n) is 19.3. The van der Waals surface area contributed by atoms with E-state index in [2.05, 4.69) is 9.97 Å². The monoisotopic (exact) mass is 457 g/mol. The molecule has 0 fully saturated rings. The molecule has 1 amide bonds. The van der Waals surface area contributed by atoms with Crippen LogP contribution in [0.4, 0.5) is 4.79 Å². The van der Waals surface area contributed by atoms with Gasteiger partial charge in [0, 0.05) is 48.2 Å². The van der Waals surface area contributed by atoms with Crippen LogP contribution in [-0.2, 0) is 16.9 Å². The minimum absolute atomic E-state index is 0.112. The molecule has 1 atom stereocenters. The molecule has 9 heteroatoms. The summed E-state index contributed by atoms with van der Waals surface area (Å²) in [6.07, 6.45) is 4.55. The number of pyridine rings is 1. The van der Waals surface area contributed by atoms with Gasteiger partial charge in [0.1, 0.15) is 11.5 Å². The van der Waals surface area contributed by atoms with Crippen molar-refractivity contribution in [2.45, 2.75) is 38.1 Å². The molecule has 0 aliphatic carbocycles. The summed E-state index contributed by atoms with van der Waals surface area (Å²) in [5.74, 6) is 1.44. The number of ether oxygens (including phenoxy) is 2. The number of aryl methyl sites for hydroxylation is 1. The zero-order chi connectivity index (χ0) is 23.4. The fraction of sp³-hybridized carbons (Fsp3) is 0.391. The van der Waals surface area contributed by atoms with Gasteiger partial charge in [0.05, 0.1) is 30.9 Å². The molecule has 1 unspecified atom stereocenters. The lowest BCUT2D eigenvalue weighted by atomic mass is 10.1. The maximum absolute atomic E-state index is 13.5. The summed E-state index contributed by atoms with van der Waals surface area (Å²) < 4.78 is 25.7. The molecule has 2 heterocycles. The van der Waals surface area contributed by atoms with Gasteiger partial charge in [0.25, 0.3) is 0 Å². The van der Waals surface area contributed by atoms with Crippen LogP contribution < -0.4 is 9.47 Å². The summed E-state index contributed by atoms with van der Waals surface area (Å²) in [6.45, 7) is 6.29. The largest absolute Gasteiger partial charge is 0.609 e. The number of carbonyl (C=O) groups excluding carboxylic acids is 1. The highest BCUT2D eigenvalue weighted by atomic mass is 32.2. The van der Waals surface area contributed by atoms with Gasteiger partial charge in [-0.2, -0.15) is 4.98 Å². The maximum atomic E-state index is 13.5. The second-order valence-corrected chi connectivity index (χ2v) is 8.83. The van der Waals surface area contributed by atoms with Crippen LogP contribution in [0, 0.1) is 20.3 Å². The third-order valence-corrected chi connectivity index (χ3v) is 6.48. The first kappa shape index (κ1) is 23.9. The van der Waals surface area contributed by atoms with Gasteiger partial charge in [0.15, 0.2) is 5.75 Å². The van der Waals surface area contributed by atoms with Gasteiger partial charge in [-0.15, -0.1) is 0 Å². The van der Waals surface area contributed by atoms with Gasteiger partial charge in [-0.3, -0.25) is 4.98 Å². The summed E-state index contributed by atoms with van der Waals surface area (Å²) in [5.41, 5.74) is 3.49. The minimum Gasteiger partial charge on any atom is -0.609 e. The Labute approximate surface area is 191 Å². The van der Waals surface area contributed by atoms with Crippen LogP contribution in [0.2, 0.25) is 0 Å². The van der Waals surface area contributed by atoms with Gasteiger partial charge < -0.3 is 18.9 Å². The van der Waals surface area contributed by atoms with E-state index in [1.165, 1.54) is 4.57 Å². The fourth-order valence-electron chi connectivity index (χ4n) is 3.48. The lowest BCUT2D eigenvalue weighted by molar-refractivity contribution is 0.212. The van der Waals surface area contributed by atoms with E-state index < -0.39 is 11.2 Å². The van der Waals surface area contributed by atoms with E-state index in [0.717, 1.165) is 23.3 Å². The average Bonchev–Trinajstić information content (AvgIpc) is 3.17. The molecular formula is C23H29N4O4S. The van der Waals surface area contributed by atoms with Crippen LogP contribution in [0.15, 0.2) is 29.6 Å². The lowest BCUT2D eigenvalue weighted by Gasteiger charge is -2.19. The summed E-state index contributed by atoms with van der Waals surface area (Å²) in [7, 11) is 4.88. The van der Waals surface area contributed by atoms with Gasteiger partial charge in [-0.25, -0.2) is 9.36 Å². The molecule has 0 spiro atoms. The summed E-state index contributed by atoms with van der Waals surface area (Å²) in [5, 5.41) is 0.183. The van der Waals surface area contributed by atoms with Gasteiger partial charge in [-0.05, 0) is 32.4 Å². The van der Waals surface area contributed by atoms with Crippen molar-refractivity contribution in [2.75, 3.05) is 27.8 Å². The number of unbranched alkanes of at least 4 members (excludes halogenated alkanes) is 1. The Morgan fingerprint density at radius 1 is 1.28 bits per heavy atom. The normalized spacial score (nSPS) is 12.1. The molecule has 1 aromatic carbocycles. The van der Waals surface area contributed by atoms with Gasteiger partial charge in [-0.1, -0.05) is 13.3 Å². The third-order valence-electron chi connectivity index (χ3n) is 5.26. The molecule has 3 aromatic rings. The van der Waals surface area contributed by atoms with Crippen molar-refractivity contribution in [2.24, 2.45) is 0 Å². The standard InChI is InChI=1S/C23H29N4O4S/c1-7-8-11-26(4)23(28)27-20-10-9-17(30-5)12-18(20)25-22(27)32(29)14-19-16(3)21(31-6)15(2)13-24-19/h8-10,12-13H,7,11,14H2,1-6H3. The molecule has 0 saturated heterocycles. The molecule has 0 saturated carbocycles. The van der Waals surface area contributed by atoms with E-state index in [4.69, 9.17) is 9.47 Å².